The van der Waals surface area contributed by atoms with Crippen LogP contribution in [-0.2, 0) is 9.59 Å². The molecule has 0 saturated carbocycles. The molecule has 2 aromatic rings. The molecule has 9 nitrogen and oxygen atoms in total. The number of ketones is 1. The second-order valence-electron chi connectivity index (χ2n) is 8.78. The van der Waals surface area contributed by atoms with Crippen LogP contribution in [-0.4, -0.2) is 78.2 Å². The van der Waals surface area contributed by atoms with Crippen LogP contribution >= 0.6 is 15.9 Å². The number of fused-ring (bicyclic) bond motifs is 1. The number of Topliss-reactive ketones (excluding diaryl/α,β-unsaturated/α-hetero) is 1. The number of benzene rings is 2. The number of phenols is 1. The van der Waals surface area contributed by atoms with Crippen molar-refractivity contribution < 1.29 is 34.0 Å². The maximum Gasteiger partial charge on any atom is 0.295 e. The third kappa shape index (κ3) is 5.26. The zero-order valence-electron chi connectivity index (χ0n) is 21.1. The molecular weight excluding hydrogens is 544 g/mol. The van der Waals surface area contributed by atoms with Gasteiger partial charge in [0.15, 0.2) is 23.0 Å². The molecule has 0 aromatic heterocycles. The third-order valence-electron chi connectivity index (χ3n) is 6.71. The van der Waals surface area contributed by atoms with Gasteiger partial charge in [-0.2, -0.15) is 0 Å². The van der Waals surface area contributed by atoms with Crippen LogP contribution in [0, 0.1) is 0 Å². The summed E-state index contributed by atoms with van der Waals surface area (Å²) in [4.78, 5) is 30.3. The molecular formula is C27H31BrN2O7. The molecule has 10 heteroatoms. The minimum atomic E-state index is -0.879. The molecule has 0 bridgehead atoms. The lowest BCUT2D eigenvalue weighted by atomic mass is 9.94. The summed E-state index contributed by atoms with van der Waals surface area (Å²) >= 11 is 3.33. The smallest absolute Gasteiger partial charge is 0.295 e. The maximum absolute atomic E-state index is 13.4. The van der Waals surface area contributed by atoms with E-state index in [2.05, 4.69) is 34.7 Å². The summed E-state index contributed by atoms with van der Waals surface area (Å²) in [5, 5.41) is 21.7. The van der Waals surface area contributed by atoms with Crippen LogP contribution in [0.1, 0.15) is 37.4 Å². The van der Waals surface area contributed by atoms with E-state index in [1.54, 1.807) is 30.3 Å². The van der Waals surface area contributed by atoms with Gasteiger partial charge in [0.2, 0.25) is 0 Å². The number of aliphatic hydroxyl groups is 1. The van der Waals surface area contributed by atoms with Gasteiger partial charge in [0.1, 0.15) is 19.0 Å². The summed E-state index contributed by atoms with van der Waals surface area (Å²) in [6.07, 6.45) is 0.644. The molecule has 37 heavy (non-hydrogen) atoms. The number of likely N-dealkylation sites (tertiary alicyclic amines) is 1. The minimum Gasteiger partial charge on any atom is -0.507 e. The summed E-state index contributed by atoms with van der Waals surface area (Å²) < 4.78 is 16.9. The lowest BCUT2D eigenvalue weighted by Crippen LogP contribution is -2.33. The Morgan fingerprint density at radius 1 is 1.14 bits per heavy atom. The zero-order chi connectivity index (χ0) is 26.7. The quantitative estimate of drug-likeness (QED) is 0.262. The normalized spacial score (nSPS) is 18.5. The van der Waals surface area contributed by atoms with Crippen molar-refractivity contribution in [3.05, 3.63) is 51.5 Å². The van der Waals surface area contributed by atoms with E-state index in [1.807, 2.05) is 0 Å². The number of hydrogen-bond acceptors (Lipinski definition) is 8. The SMILES string of the molecule is CCN(CC)CCCN1C(=O)C(=O)/C(=C(/O)c2ccc3c(c2)OCCO3)[C@H]1c1cc(Br)c(O)c(OC)c1. The van der Waals surface area contributed by atoms with Crippen molar-refractivity contribution in [2.75, 3.05) is 46.5 Å². The molecule has 0 spiro atoms. The van der Waals surface area contributed by atoms with Crippen LogP contribution in [0.2, 0.25) is 0 Å². The first-order valence-corrected chi connectivity index (χ1v) is 13.1. The van der Waals surface area contributed by atoms with Gasteiger partial charge in [0.05, 0.1) is 23.2 Å². The first kappa shape index (κ1) is 26.8. The van der Waals surface area contributed by atoms with Gasteiger partial charge in [-0.25, -0.2) is 0 Å². The van der Waals surface area contributed by atoms with E-state index in [1.165, 1.54) is 12.0 Å². The Morgan fingerprint density at radius 3 is 2.51 bits per heavy atom. The van der Waals surface area contributed by atoms with Crippen molar-refractivity contribution in [2.24, 2.45) is 0 Å². The molecule has 0 unspecified atom stereocenters. The van der Waals surface area contributed by atoms with Crippen LogP contribution in [0.25, 0.3) is 5.76 Å². The molecule has 2 heterocycles. The van der Waals surface area contributed by atoms with E-state index in [0.29, 0.717) is 53.3 Å². The van der Waals surface area contributed by atoms with Crippen LogP contribution in [0.4, 0.5) is 0 Å². The monoisotopic (exact) mass is 574 g/mol. The Hall–Kier alpha value is -3.24. The molecule has 2 N–H and O–H groups in total. The van der Waals surface area contributed by atoms with Crippen molar-refractivity contribution in [3.8, 4) is 23.0 Å². The highest BCUT2D eigenvalue weighted by molar-refractivity contribution is 9.10. The van der Waals surface area contributed by atoms with Gasteiger partial charge in [-0.15, -0.1) is 0 Å². The topological polar surface area (TPSA) is 109 Å². The Kier molecular flexibility index (Phi) is 8.29. The summed E-state index contributed by atoms with van der Waals surface area (Å²) in [6.45, 7) is 7.77. The van der Waals surface area contributed by atoms with Gasteiger partial charge in [0.25, 0.3) is 11.7 Å². The number of methoxy groups -OCH3 is 1. The van der Waals surface area contributed by atoms with Crippen LogP contribution in [0.3, 0.4) is 0 Å². The average molecular weight is 575 g/mol. The molecule has 0 aliphatic carbocycles. The molecule has 2 aliphatic heterocycles. The van der Waals surface area contributed by atoms with E-state index < -0.39 is 17.7 Å². The zero-order valence-corrected chi connectivity index (χ0v) is 22.7. The summed E-state index contributed by atoms with van der Waals surface area (Å²) in [6, 6.07) is 7.21. The number of carbonyl (C=O) groups excluding carboxylic acids is 2. The number of rotatable bonds is 9. The highest BCUT2D eigenvalue weighted by Crippen LogP contribution is 2.45. The second-order valence-corrected chi connectivity index (χ2v) is 9.64. The predicted octanol–water partition coefficient (Wildman–Crippen LogP) is 4.09. The Bertz CT molecular complexity index is 1230. The van der Waals surface area contributed by atoms with Gasteiger partial charge in [-0.05, 0) is 77.9 Å². The van der Waals surface area contributed by atoms with E-state index in [0.717, 1.165) is 19.6 Å². The molecule has 4 rings (SSSR count). The highest BCUT2D eigenvalue weighted by atomic mass is 79.9. The van der Waals surface area contributed by atoms with E-state index in [-0.39, 0.29) is 22.8 Å². The summed E-state index contributed by atoms with van der Waals surface area (Å²) in [7, 11) is 1.42. The first-order valence-electron chi connectivity index (χ1n) is 12.3. The van der Waals surface area contributed by atoms with Crippen molar-refractivity contribution in [1.29, 1.82) is 0 Å². The standard InChI is InChI=1S/C27H31BrN2O7/c1-4-29(5-2)9-6-10-30-23(17-13-18(28)25(32)21(15-17)35-3)22(26(33)27(30)34)24(31)16-7-8-19-20(14-16)37-12-11-36-19/h7-8,13-15,23,31-32H,4-6,9-12H2,1-3H3/b24-22+/t23-/m1/s1. The molecule has 2 aromatic carbocycles. The largest absolute Gasteiger partial charge is 0.507 e. The Morgan fingerprint density at radius 2 is 1.84 bits per heavy atom. The number of halogens is 1. The maximum atomic E-state index is 13.4. The number of aromatic hydroxyl groups is 1. The van der Waals surface area contributed by atoms with Gasteiger partial charge in [-0.1, -0.05) is 13.8 Å². The molecule has 1 saturated heterocycles. The van der Waals surface area contributed by atoms with Crippen LogP contribution in [0.15, 0.2) is 40.4 Å². The fraction of sp³-hybridized carbons (Fsp3) is 0.407. The molecule has 2 aliphatic rings. The summed E-state index contributed by atoms with van der Waals surface area (Å²) in [5.41, 5.74) is 0.812. The lowest BCUT2D eigenvalue weighted by molar-refractivity contribution is -0.140. The van der Waals surface area contributed by atoms with Crippen LogP contribution < -0.4 is 14.2 Å². The van der Waals surface area contributed by atoms with E-state index >= 15 is 0 Å². The average Bonchev–Trinajstić information content (AvgIpc) is 3.16. The lowest BCUT2D eigenvalue weighted by Gasteiger charge is -2.27. The van der Waals surface area contributed by atoms with E-state index in [4.69, 9.17) is 14.2 Å². The fourth-order valence-corrected chi connectivity index (χ4v) is 5.17. The second kappa shape index (κ2) is 11.4. The van der Waals surface area contributed by atoms with Gasteiger partial charge < -0.3 is 34.2 Å². The predicted molar refractivity (Wildman–Crippen MR) is 141 cm³/mol. The molecule has 1 amide bonds. The van der Waals surface area contributed by atoms with Crippen molar-refractivity contribution >= 4 is 33.4 Å². The Balaban J connectivity index is 1.80. The highest BCUT2D eigenvalue weighted by Gasteiger charge is 2.46. The van der Waals surface area contributed by atoms with Crippen LogP contribution in [0.5, 0.6) is 23.0 Å². The van der Waals surface area contributed by atoms with Gasteiger partial charge in [-0.3, -0.25) is 9.59 Å². The van der Waals surface area contributed by atoms with Crippen molar-refractivity contribution in [3.63, 3.8) is 0 Å². The van der Waals surface area contributed by atoms with Gasteiger partial charge in [0, 0.05) is 12.1 Å². The third-order valence-corrected chi connectivity index (χ3v) is 7.31. The van der Waals surface area contributed by atoms with Gasteiger partial charge >= 0.3 is 0 Å². The number of phenolic OH excluding ortho intramolecular Hbond substituents is 1. The molecule has 0 radical (unpaired) electrons. The van der Waals surface area contributed by atoms with E-state index in [9.17, 15) is 19.8 Å². The first-order chi connectivity index (χ1) is 17.8. The molecule has 1 atom stereocenters. The number of nitrogens with zero attached hydrogens (tertiary/aromatic N) is 2. The van der Waals surface area contributed by atoms with Crippen molar-refractivity contribution in [2.45, 2.75) is 26.3 Å². The summed E-state index contributed by atoms with van der Waals surface area (Å²) in [5.74, 6) is -0.698. The minimum absolute atomic E-state index is 0.0378. The fourth-order valence-electron chi connectivity index (χ4n) is 4.72. The molecule has 198 valence electrons. The number of hydrogen-bond donors (Lipinski definition) is 2. The number of amides is 1. The molecule has 1 fully saturated rings. The number of carbonyl (C=O) groups is 2. The van der Waals surface area contributed by atoms with Crippen molar-refractivity contribution in [1.82, 2.24) is 9.80 Å². The Labute approximate surface area is 224 Å². The number of aliphatic hydroxyl groups excluding tert-OH is 1. The number of ether oxygens (including phenoxy) is 3.